The smallest absolute Gasteiger partial charge is 0.317 e. The van der Waals surface area contributed by atoms with Gasteiger partial charge in [-0.1, -0.05) is 30.3 Å². The Hall–Kier alpha value is -1.64. The Bertz CT molecular complexity index is 750. The highest BCUT2D eigenvalue weighted by Crippen LogP contribution is 2.38. The lowest BCUT2D eigenvalue weighted by Crippen LogP contribution is -2.60. The number of nitrogens with one attached hydrogen (secondary N) is 2. The maximum Gasteiger partial charge on any atom is 0.317 e. The highest BCUT2D eigenvalue weighted by molar-refractivity contribution is 7.88. The van der Waals surface area contributed by atoms with Crippen molar-refractivity contribution in [1.82, 2.24) is 14.9 Å². The first kappa shape index (κ1) is 21.1. The molecule has 1 aromatic rings. The molecule has 2 N–H and O–H groups in total. The summed E-state index contributed by atoms with van der Waals surface area (Å²) in [6.07, 6.45) is 4.70. The van der Waals surface area contributed by atoms with E-state index in [0.29, 0.717) is 32.0 Å². The van der Waals surface area contributed by atoms with Crippen LogP contribution >= 0.6 is 0 Å². The third-order valence-corrected chi connectivity index (χ3v) is 6.33. The van der Waals surface area contributed by atoms with E-state index in [1.165, 1.54) is 5.56 Å². The maximum atomic E-state index is 12.5. The van der Waals surface area contributed by atoms with Crippen molar-refractivity contribution in [3.8, 4) is 0 Å². The maximum absolute atomic E-state index is 12.5. The molecule has 2 atom stereocenters. The van der Waals surface area contributed by atoms with Crippen LogP contribution in [0.2, 0.25) is 0 Å². The number of amides is 2. The third kappa shape index (κ3) is 5.46. The second-order valence-electron chi connectivity index (χ2n) is 7.77. The molecule has 1 saturated heterocycles. The summed E-state index contributed by atoms with van der Waals surface area (Å²) in [6, 6.07) is 9.63. The van der Waals surface area contributed by atoms with E-state index in [2.05, 4.69) is 34.3 Å². The normalized spacial score (nSPS) is 27.9. The largest absolute Gasteiger partial charge is 0.376 e. The summed E-state index contributed by atoms with van der Waals surface area (Å²) in [5.41, 5.74) is 1.33. The first-order valence-electron chi connectivity index (χ1n) is 10.1. The molecule has 1 aliphatic carbocycles. The van der Waals surface area contributed by atoms with Gasteiger partial charge in [0, 0.05) is 19.1 Å². The number of ether oxygens (including phenoxy) is 1. The molecule has 1 aromatic carbocycles. The van der Waals surface area contributed by atoms with E-state index >= 15 is 0 Å². The lowest BCUT2D eigenvalue weighted by Gasteiger charge is -2.43. The molecule has 0 aromatic heterocycles. The molecule has 0 unspecified atom stereocenters. The molecule has 0 radical (unpaired) electrons. The molecule has 1 heterocycles. The number of carbonyl (C=O) groups is 1. The van der Waals surface area contributed by atoms with Crippen LogP contribution in [0.15, 0.2) is 30.3 Å². The molecular weight excluding hydrogens is 378 g/mol. The Balaban J connectivity index is 1.60. The lowest BCUT2D eigenvalue weighted by molar-refractivity contribution is -0.0424. The molecular formula is C20H31N3O4S. The zero-order valence-corrected chi connectivity index (χ0v) is 17.5. The van der Waals surface area contributed by atoms with Crippen LogP contribution in [-0.2, 0) is 14.8 Å². The minimum Gasteiger partial charge on any atom is -0.376 e. The van der Waals surface area contributed by atoms with Crippen molar-refractivity contribution >= 4 is 16.1 Å². The number of nitrogens with zero attached hydrogens (tertiary/aromatic N) is 1. The van der Waals surface area contributed by atoms with E-state index in [4.69, 9.17) is 4.74 Å². The first-order chi connectivity index (χ1) is 13.4. The molecule has 0 spiro atoms. The van der Waals surface area contributed by atoms with Gasteiger partial charge in [0.2, 0.25) is 10.0 Å². The molecule has 1 aliphatic heterocycles. The lowest BCUT2D eigenvalue weighted by atomic mass is 9.77. The number of carbonyl (C=O) groups excluding carboxylic acids is 1. The van der Waals surface area contributed by atoms with Gasteiger partial charge in [0.1, 0.15) is 0 Å². The quantitative estimate of drug-likeness (QED) is 0.722. The average Bonchev–Trinajstić information content (AvgIpc) is 2.61. The van der Waals surface area contributed by atoms with Crippen molar-refractivity contribution < 1.29 is 17.9 Å². The zero-order chi connectivity index (χ0) is 20.1. The van der Waals surface area contributed by atoms with Gasteiger partial charge in [-0.3, -0.25) is 0 Å². The predicted octanol–water partition coefficient (Wildman–Crippen LogP) is 2.06. The van der Waals surface area contributed by atoms with Crippen LogP contribution in [0, 0.1) is 0 Å². The van der Waals surface area contributed by atoms with Gasteiger partial charge in [-0.2, -0.15) is 0 Å². The van der Waals surface area contributed by atoms with Crippen molar-refractivity contribution in [3.63, 3.8) is 0 Å². The highest BCUT2D eigenvalue weighted by atomic mass is 32.2. The summed E-state index contributed by atoms with van der Waals surface area (Å²) < 4.78 is 32.4. The molecule has 2 amide bonds. The summed E-state index contributed by atoms with van der Waals surface area (Å²) in [5, 5.41) is 2.83. The minimum absolute atomic E-state index is 0.155. The van der Waals surface area contributed by atoms with Crippen LogP contribution in [0.25, 0.3) is 0 Å². The monoisotopic (exact) mass is 409 g/mol. The van der Waals surface area contributed by atoms with Crippen molar-refractivity contribution in [2.24, 2.45) is 0 Å². The van der Waals surface area contributed by atoms with Crippen molar-refractivity contribution in [1.29, 1.82) is 0 Å². The molecule has 2 fully saturated rings. The molecule has 7 nitrogen and oxygen atoms in total. The van der Waals surface area contributed by atoms with E-state index in [9.17, 15) is 13.2 Å². The SMILES string of the molecule is CCNC(=O)N1CCC[C@H](NS(C)(=O)=O)[C@@H]1CO[C@H]1C[C@H](c2ccccc2)C1. The summed E-state index contributed by atoms with van der Waals surface area (Å²) in [6.45, 7) is 3.36. The van der Waals surface area contributed by atoms with Gasteiger partial charge >= 0.3 is 6.03 Å². The van der Waals surface area contributed by atoms with E-state index in [0.717, 1.165) is 25.5 Å². The number of likely N-dealkylation sites (tertiary alicyclic amines) is 1. The summed E-state index contributed by atoms with van der Waals surface area (Å²) in [5.74, 6) is 0.516. The molecule has 3 rings (SSSR count). The van der Waals surface area contributed by atoms with Gasteiger partial charge < -0.3 is 15.0 Å². The predicted molar refractivity (Wildman–Crippen MR) is 109 cm³/mol. The standard InChI is InChI=1S/C20H31N3O4S/c1-3-21-20(24)23-11-7-10-18(22-28(2,25)26)19(23)14-27-17-12-16(13-17)15-8-5-4-6-9-15/h4-6,8-9,16-19,22H,3,7,10-14H2,1-2H3,(H,21,24)/t16-,17-,18-,19-/m0/s1. The fourth-order valence-electron chi connectivity index (χ4n) is 4.11. The van der Waals surface area contributed by atoms with E-state index in [-0.39, 0.29) is 24.2 Å². The van der Waals surface area contributed by atoms with Crippen LogP contribution in [0.1, 0.15) is 44.1 Å². The number of piperidine rings is 1. The van der Waals surface area contributed by atoms with Gasteiger partial charge in [0.25, 0.3) is 0 Å². The van der Waals surface area contributed by atoms with E-state index in [1.807, 2.05) is 13.0 Å². The molecule has 0 bridgehead atoms. The van der Waals surface area contributed by atoms with Gasteiger partial charge in [-0.25, -0.2) is 17.9 Å². The number of hydrogen-bond donors (Lipinski definition) is 2. The van der Waals surface area contributed by atoms with Crippen LogP contribution in [0.5, 0.6) is 0 Å². The van der Waals surface area contributed by atoms with Crippen molar-refractivity contribution in [3.05, 3.63) is 35.9 Å². The minimum atomic E-state index is -3.36. The molecule has 2 aliphatic rings. The van der Waals surface area contributed by atoms with Crippen molar-refractivity contribution in [2.75, 3.05) is 26.0 Å². The van der Waals surface area contributed by atoms with Gasteiger partial charge in [-0.15, -0.1) is 0 Å². The number of sulfonamides is 1. The second kappa shape index (κ2) is 9.24. The average molecular weight is 410 g/mol. The fourth-order valence-corrected chi connectivity index (χ4v) is 4.94. The van der Waals surface area contributed by atoms with Gasteiger partial charge in [-0.05, 0) is 44.1 Å². The van der Waals surface area contributed by atoms with E-state index < -0.39 is 10.0 Å². The Labute approximate surface area is 167 Å². The molecule has 1 saturated carbocycles. The number of urea groups is 1. The zero-order valence-electron chi connectivity index (χ0n) is 16.6. The van der Waals surface area contributed by atoms with Crippen LogP contribution in [-0.4, -0.2) is 63.5 Å². The third-order valence-electron chi connectivity index (χ3n) is 5.60. The first-order valence-corrected chi connectivity index (χ1v) is 11.9. The number of rotatable bonds is 7. The van der Waals surface area contributed by atoms with Crippen LogP contribution in [0.3, 0.4) is 0 Å². The molecule has 156 valence electrons. The highest BCUT2D eigenvalue weighted by Gasteiger charge is 2.38. The van der Waals surface area contributed by atoms with Crippen LogP contribution in [0.4, 0.5) is 4.79 Å². The Morgan fingerprint density at radius 3 is 2.61 bits per heavy atom. The summed E-state index contributed by atoms with van der Waals surface area (Å²) >= 11 is 0. The topological polar surface area (TPSA) is 87.7 Å². The summed E-state index contributed by atoms with van der Waals surface area (Å²) in [4.78, 5) is 14.2. The van der Waals surface area contributed by atoms with Gasteiger partial charge in [0.05, 0.1) is 25.0 Å². The van der Waals surface area contributed by atoms with Gasteiger partial charge in [0.15, 0.2) is 0 Å². The van der Waals surface area contributed by atoms with Crippen molar-refractivity contribution in [2.45, 2.75) is 56.7 Å². The number of hydrogen-bond acceptors (Lipinski definition) is 4. The Morgan fingerprint density at radius 1 is 1.25 bits per heavy atom. The summed E-state index contributed by atoms with van der Waals surface area (Å²) in [7, 11) is -3.36. The Morgan fingerprint density at radius 2 is 1.96 bits per heavy atom. The second-order valence-corrected chi connectivity index (χ2v) is 9.55. The van der Waals surface area contributed by atoms with Crippen LogP contribution < -0.4 is 10.0 Å². The number of benzene rings is 1. The van der Waals surface area contributed by atoms with E-state index in [1.54, 1.807) is 4.90 Å². The Kier molecular flexibility index (Phi) is 6.95. The molecule has 28 heavy (non-hydrogen) atoms. The fraction of sp³-hybridized carbons (Fsp3) is 0.650. The molecule has 8 heteroatoms.